The van der Waals surface area contributed by atoms with Gasteiger partial charge in [0.2, 0.25) is 0 Å². The van der Waals surface area contributed by atoms with Crippen LogP contribution >= 0.6 is 15.9 Å². The van der Waals surface area contributed by atoms with E-state index in [1.807, 2.05) is 45.0 Å². The van der Waals surface area contributed by atoms with Crippen molar-refractivity contribution in [2.45, 2.75) is 26.7 Å². The van der Waals surface area contributed by atoms with Crippen LogP contribution < -0.4 is 0 Å². The van der Waals surface area contributed by atoms with Gasteiger partial charge < -0.3 is 9.79 Å². The second-order valence-corrected chi connectivity index (χ2v) is 7.33. The van der Waals surface area contributed by atoms with Crippen molar-refractivity contribution in [2.75, 3.05) is 6.16 Å². The highest BCUT2D eigenvalue weighted by Crippen LogP contribution is 2.38. The lowest BCUT2D eigenvalue weighted by molar-refractivity contribution is -0.119. The van der Waals surface area contributed by atoms with Gasteiger partial charge in [-0.2, -0.15) is 0 Å². The number of hydrogen-bond acceptors (Lipinski definition) is 3. The van der Waals surface area contributed by atoms with Crippen molar-refractivity contribution in [1.82, 2.24) is 0 Å². The van der Waals surface area contributed by atoms with Crippen LogP contribution in [0.4, 0.5) is 0 Å². The quantitative estimate of drug-likeness (QED) is 0.597. The molecule has 9 heteroatoms. The maximum Gasteiger partial charge on any atom is 0.692 e. The van der Waals surface area contributed by atoms with Gasteiger partial charge in [0.05, 0.1) is 0 Å². The fourth-order valence-electron chi connectivity index (χ4n) is 2.11. The topological polar surface area (TPSA) is 132 Å². The monoisotopic (exact) mass is 351 g/mol. The zero-order chi connectivity index (χ0) is 17.5. The van der Waals surface area contributed by atoms with Crippen LogP contribution in [0.25, 0.3) is 0 Å². The maximum atomic E-state index is 12.0. The van der Waals surface area contributed by atoms with Crippen LogP contribution in [0.3, 0.4) is 0 Å². The highest BCUT2D eigenvalue weighted by atomic mass is 31.2. The van der Waals surface area contributed by atoms with Gasteiger partial charge in [-0.3, -0.25) is 9.36 Å². The second kappa shape index (κ2) is 9.26. The lowest BCUT2D eigenvalue weighted by Crippen LogP contribution is -2.21. The van der Waals surface area contributed by atoms with Gasteiger partial charge in [-0.15, -0.1) is 9.79 Å². The van der Waals surface area contributed by atoms with E-state index in [9.17, 15) is 9.36 Å². The van der Waals surface area contributed by atoms with Gasteiger partial charge in [0.1, 0.15) is 6.16 Å². The standard InChI is InChI=1S/C13H19O4P.HO3P/c1-9(2)13(12(14)8-18(15,16)17)11-6-4-5-10(3)7-11;1-4(2)3/h4-7,9,13H,8H2,1-3H3,(H2,15,16,17);(H-,1,2,3)/p+1/t13-;/m1./s1. The molecular weight excluding hydrogens is 330 g/mol. The molecule has 124 valence electrons. The van der Waals surface area contributed by atoms with Gasteiger partial charge in [-0.1, -0.05) is 43.7 Å². The third-order valence-electron chi connectivity index (χ3n) is 2.78. The predicted molar refractivity (Wildman–Crippen MR) is 82.7 cm³/mol. The average molecular weight is 351 g/mol. The summed E-state index contributed by atoms with van der Waals surface area (Å²) in [4.78, 5) is 44.1. The molecule has 0 saturated heterocycles. The van der Waals surface area contributed by atoms with E-state index in [-0.39, 0.29) is 5.92 Å². The summed E-state index contributed by atoms with van der Waals surface area (Å²) in [6, 6.07) is 7.50. The number of ketones is 1. The summed E-state index contributed by atoms with van der Waals surface area (Å²) in [5, 5.41) is 0. The fourth-order valence-corrected chi connectivity index (χ4v) is 2.71. The van der Waals surface area contributed by atoms with Crippen LogP contribution in [0.2, 0.25) is 0 Å². The van der Waals surface area contributed by atoms with E-state index in [1.165, 1.54) is 0 Å². The molecule has 0 saturated carbocycles. The Balaban J connectivity index is 0.000000980. The minimum atomic E-state index is -4.30. The minimum absolute atomic E-state index is 0.00542. The number of hydrogen-bond donors (Lipinski definition) is 4. The molecule has 0 heterocycles. The first-order valence-electron chi connectivity index (χ1n) is 6.43. The van der Waals surface area contributed by atoms with Crippen LogP contribution in [-0.2, 0) is 13.9 Å². The van der Waals surface area contributed by atoms with Crippen LogP contribution in [-0.4, -0.2) is 31.5 Å². The van der Waals surface area contributed by atoms with Gasteiger partial charge in [0.15, 0.2) is 5.78 Å². The molecule has 1 aromatic rings. The smallest absolute Gasteiger partial charge is 0.324 e. The number of Topliss-reactive ketones (excluding diaryl/α,β-unsaturated/α-hetero) is 1. The molecule has 0 aromatic heterocycles. The maximum absolute atomic E-state index is 12.0. The van der Waals surface area contributed by atoms with Gasteiger partial charge in [-0.05, 0) is 18.4 Å². The molecule has 7 nitrogen and oxygen atoms in total. The fraction of sp³-hybridized carbons (Fsp3) is 0.462. The minimum Gasteiger partial charge on any atom is -0.324 e. The molecule has 0 radical (unpaired) electrons. The van der Waals surface area contributed by atoms with E-state index in [4.69, 9.17) is 24.1 Å². The molecule has 0 aliphatic carbocycles. The molecule has 1 atom stereocenters. The van der Waals surface area contributed by atoms with Crippen molar-refractivity contribution in [3.8, 4) is 0 Å². The highest BCUT2D eigenvalue weighted by Gasteiger charge is 2.29. The predicted octanol–water partition coefficient (Wildman–Crippen LogP) is 2.11. The third kappa shape index (κ3) is 9.15. The Kier molecular flexibility index (Phi) is 8.86. The molecule has 22 heavy (non-hydrogen) atoms. The number of rotatable bonds is 5. The lowest BCUT2D eigenvalue weighted by Gasteiger charge is -2.20. The summed E-state index contributed by atoms with van der Waals surface area (Å²) in [5.41, 5.74) is 1.85. The van der Waals surface area contributed by atoms with E-state index < -0.39 is 33.7 Å². The highest BCUT2D eigenvalue weighted by molar-refractivity contribution is 7.52. The van der Waals surface area contributed by atoms with Gasteiger partial charge in [0.25, 0.3) is 0 Å². The van der Waals surface area contributed by atoms with Crippen LogP contribution in [0.5, 0.6) is 0 Å². The average Bonchev–Trinajstić information content (AvgIpc) is 2.24. The Morgan fingerprint density at radius 3 is 2.14 bits per heavy atom. The van der Waals surface area contributed by atoms with Gasteiger partial charge in [-0.25, -0.2) is 0 Å². The zero-order valence-electron chi connectivity index (χ0n) is 12.6. The SMILES string of the molecule is Cc1cccc([C@H](C(=O)CP(=O)(O)O)C(C)C)c1.O=[P+](O)O. The Labute approximate surface area is 130 Å². The summed E-state index contributed by atoms with van der Waals surface area (Å²) in [6.07, 6.45) is -0.691. The third-order valence-corrected chi connectivity index (χ3v) is 3.50. The molecule has 0 spiro atoms. The molecule has 0 aliphatic heterocycles. The molecule has 0 bridgehead atoms. The molecule has 0 amide bonds. The number of benzene rings is 1. The number of carbonyl (C=O) groups excluding carboxylic acids is 1. The largest absolute Gasteiger partial charge is 0.692 e. The first kappa shape index (κ1) is 21.1. The molecular formula is C13H21O7P2+. The van der Waals surface area contributed by atoms with Crippen molar-refractivity contribution in [2.24, 2.45) is 5.92 Å². The zero-order valence-corrected chi connectivity index (χ0v) is 14.4. The Morgan fingerprint density at radius 2 is 1.77 bits per heavy atom. The second-order valence-electron chi connectivity index (χ2n) is 5.18. The van der Waals surface area contributed by atoms with E-state index >= 15 is 0 Å². The van der Waals surface area contributed by atoms with E-state index in [0.29, 0.717) is 0 Å². The molecule has 1 aromatic carbocycles. The van der Waals surface area contributed by atoms with Crippen molar-refractivity contribution >= 4 is 21.6 Å². The van der Waals surface area contributed by atoms with Crippen LogP contribution in [0.1, 0.15) is 30.9 Å². The van der Waals surface area contributed by atoms with Crippen molar-refractivity contribution < 1.29 is 33.5 Å². The summed E-state index contributed by atoms with van der Waals surface area (Å²) < 4.78 is 19.6. The number of carbonyl (C=O) groups is 1. The first-order chi connectivity index (χ1) is 9.94. The summed E-state index contributed by atoms with van der Waals surface area (Å²) in [5.74, 6) is -0.854. The van der Waals surface area contributed by atoms with E-state index in [2.05, 4.69) is 0 Å². The Hall–Kier alpha value is -0.940. The molecule has 0 aliphatic rings. The van der Waals surface area contributed by atoms with Crippen molar-refractivity contribution in [3.63, 3.8) is 0 Å². The lowest BCUT2D eigenvalue weighted by atomic mass is 9.85. The summed E-state index contributed by atoms with van der Waals surface area (Å²) in [7, 11) is -7.17. The Bertz CT molecular complexity index is 561. The normalized spacial score (nSPS) is 12.4. The van der Waals surface area contributed by atoms with Gasteiger partial charge in [0, 0.05) is 10.5 Å². The van der Waals surface area contributed by atoms with E-state index in [0.717, 1.165) is 11.1 Å². The number of aryl methyl sites for hydroxylation is 1. The first-order valence-corrected chi connectivity index (χ1v) is 9.39. The summed E-state index contributed by atoms with van der Waals surface area (Å²) >= 11 is 0. The Morgan fingerprint density at radius 1 is 1.27 bits per heavy atom. The van der Waals surface area contributed by atoms with E-state index in [1.54, 1.807) is 0 Å². The summed E-state index contributed by atoms with van der Waals surface area (Å²) in [6.45, 7) is 5.68. The van der Waals surface area contributed by atoms with Crippen LogP contribution in [0, 0.1) is 12.8 Å². The molecule has 0 unspecified atom stereocenters. The van der Waals surface area contributed by atoms with Gasteiger partial charge >= 0.3 is 15.9 Å². The molecule has 1 rings (SSSR count). The van der Waals surface area contributed by atoms with Crippen molar-refractivity contribution in [1.29, 1.82) is 0 Å². The molecule has 0 fully saturated rings. The van der Waals surface area contributed by atoms with Crippen molar-refractivity contribution in [3.05, 3.63) is 35.4 Å². The molecule has 4 N–H and O–H groups in total. The van der Waals surface area contributed by atoms with Crippen LogP contribution in [0.15, 0.2) is 24.3 Å².